The summed E-state index contributed by atoms with van der Waals surface area (Å²) >= 11 is 0. The van der Waals surface area contributed by atoms with Crippen LogP contribution < -0.4 is 11.5 Å². The molecule has 10 nitrogen and oxygen atoms in total. The van der Waals surface area contributed by atoms with Crippen LogP contribution in [0.3, 0.4) is 0 Å². The molecule has 8 N–H and O–H groups in total. The smallest absolute Gasteiger partial charge is 0.255 e. The summed E-state index contributed by atoms with van der Waals surface area (Å²) in [7, 11) is 0. The molecular weight excluding hydrogens is 370 g/mol. The average molecular weight is 387 g/mol. The van der Waals surface area contributed by atoms with Crippen molar-refractivity contribution in [1.82, 2.24) is 4.98 Å². The van der Waals surface area contributed by atoms with E-state index in [0.717, 1.165) is 6.20 Å². The van der Waals surface area contributed by atoms with E-state index in [0.29, 0.717) is 5.56 Å². The first kappa shape index (κ1) is 18.1. The van der Waals surface area contributed by atoms with E-state index >= 15 is 0 Å². The molecule has 1 aromatic rings. The minimum Gasteiger partial charge on any atom is -0.510 e. The molecule has 0 aliphatic heterocycles. The van der Waals surface area contributed by atoms with Gasteiger partial charge in [0.25, 0.3) is 5.91 Å². The highest BCUT2D eigenvalue weighted by molar-refractivity contribution is 6.24. The Hall–Kier alpha value is -3.24. The first-order valence-electron chi connectivity index (χ1n) is 8.50. The van der Waals surface area contributed by atoms with Crippen molar-refractivity contribution in [2.45, 2.75) is 24.5 Å². The zero-order chi connectivity index (χ0) is 20.5. The van der Waals surface area contributed by atoms with Crippen LogP contribution in [0.2, 0.25) is 0 Å². The van der Waals surface area contributed by atoms with Gasteiger partial charge in [0.1, 0.15) is 22.8 Å². The number of carbonyl (C=O) groups is 3. The number of ketones is 2. The van der Waals surface area contributed by atoms with Crippen LogP contribution in [0.25, 0.3) is 0 Å². The molecular formula is C18H17N3O7. The van der Waals surface area contributed by atoms with E-state index in [4.69, 9.17) is 11.5 Å². The van der Waals surface area contributed by atoms with E-state index in [2.05, 4.69) is 4.98 Å². The zero-order valence-electron chi connectivity index (χ0n) is 14.4. The molecule has 0 saturated carbocycles. The van der Waals surface area contributed by atoms with Crippen molar-refractivity contribution < 1.29 is 34.8 Å². The third-order valence-corrected chi connectivity index (χ3v) is 5.87. The van der Waals surface area contributed by atoms with Crippen LogP contribution in [0.1, 0.15) is 22.3 Å². The Morgan fingerprint density at radius 1 is 1.21 bits per heavy atom. The van der Waals surface area contributed by atoms with Gasteiger partial charge in [0, 0.05) is 17.7 Å². The minimum absolute atomic E-state index is 0.0280. The summed E-state index contributed by atoms with van der Waals surface area (Å²) in [5.74, 6) is -7.28. The predicted octanol–water partition coefficient (Wildman–Crippen LogP) is -1.09. The van der Waals surface area contributed by atoms with Crippen molar-refractivity contribution in [2.75, 3.05) is 0 Å². The van der Waals surface area contributed by atoms with Crippen LogP contribution in [0.4, 0.5) is 0 Å². The lowest BCUT2D eigenvalue weighted by Crippen LogP contribution is -2.63. The van der Waals surface area contributed by atoms with Gasteiger partial charge in [-0.05, 0) is 24.3 Å². The van der Waals surface area contributed by atoms with Crippen molar-refractivity contribution in [3.63, 3.8) is 0 Å². The number of hydrogen-bond acceptors (Lipinski definition) is 9. The highest BCUT2D eigenvalue weighted by Gasteiger charge is 2.62. The Morgan fingerprint density at radius 3 is 2.54 bits per heavy atom. The molecule has 0 aromatic carbocycles. The lowest BCUT2D eigenvalue weighted by Gasteiger charge is -2.47. The largest absolute Gasteiger partial charge is 0.510 e. The monoisotopic (exact) mass is 387 g/mol. The molecule has 28 heavy (non-hydrogen) atoms. The van der Waals surface area contributed by atoms with E-state index in [-0.39, 0.29) is 24.0 Å². The number of Topliss-reactive ketones (excluding diaryl/α,β-unsaturated/α-hetero) is 2. The number of pyridine rings is 1. The van der Waals surface area contributed by atoms with Crippen molar-refractivity contribution in [3.8, 4) is 5.75 Å². The Morgan fingerprint density at radius 2 is 1.89 bits per heavy atom. The van der Waals surface area contributed by atoms with E-state index in [1.165, 1.54) is 6.20 Å². The molecule has 0 radical (unpaired) electrons. The molecule has 0 bridgehead atoms. The molecule has 4 atom stereocenters. The van der Waals surface area contributed by atoms with Crippen LogP contribution in [0.5, 0.6) is 5.75 Å². The SMILES string of the molecule is NC(=O)C1=C(O)[C@@H](N)[C@@H]2C[C@@H]3Cc4cncc(O)c4C(=O)C3=C(O)[C@]2(O)C1=O. The summed E-state index contributed by atoms with van der Waals surface area (Å²) in [5, 5.41) is 42.1. The highest BCUT2D eigenvalue weighted by atomic mass is 16.3. The standard InChI is InChI=1S/C18H17N3O7/c19-12-7-2-5-1-6-3-21-4-8(22)9(6)13(23)10(5)15(25)18(7,28)16(26)11(14(12)24)17(20)27/h3-5,7,12,22,24-25,28H,1-2,19H2,(H2,20,27)/t5-,7-,12-,18-/m0/s1. The lowest BCUT2D eigenvalue weighted by atomic mass is 9.59. The Kier molecular flexibility index (Phi) is 3.65. The topological polar surface area (TPSA) is 197 Å². The number of allylic oxidation sites excluding steroid dienone is 1. The Bertz CT molecular complexity index is 1030. The second-order valence-corrected chi connectivity index (χ2v) is 7.27. The van der Waals surface area contributed by atoms with Crippen molar-refractivity contribution in [3.05, 3.63) is 46.2 Å². The number of primary amides is 1. The van der Waals surface area contributed by atoms with Gasteiger partial charge in [-0.3, -0.25) is 19.4 Å². The number of aliphatic hydroxyl groups excluding tert-OH is 2. The zero-order valence-corrected chi connectivity index (χ0v) is 14.4. The predicted molar refractivity (Wildman–Crippen MR) is 92.0 cm³/mol. The number of fused-ring (bicyclic) bond motifs is 3. The molecule has 1 aromatic heterocycles. The van der Waals surface area contributed by atoms with Gasteiger partial charge < -0.3 is 31.9 Å². The highest BCUT2D eigenvalue weighted by Crippen LogP contribution is 2.50. The van der Waals surface area contributed by atoms with Gasteiger partial charge in [-0.1, -0.05) is 0 Å². The Labute approximate surface area is 157 Å². The van der Waals surface area contributed by atoms with Crippen LogP contribution in [-0.2, 0) is 16.0 Å². The number of hydrogen-bond donors (Lipinski definition) is 6. The fourth-order valence-electron chi connectivity index (χ4n) is 4.54. The number of rotatable bonds is 1. The molecule has 3 aliphatic rings. The van der Waals surface area contributed by atoms with Gasteiger partial charge in [-0.25, -0.2) is 0 Å². The number of amides is 1. The fraction of sp³-hybridized carbons (Fsp3) is 0.333. The third kappa shape index (κ3) is 2.04. The van der Waals surface area contributed by atoms with Crippen LogP contribution in [-0.4, -0.2) is 54.5 Å². The van der Waals surface area contributed by atoms with Crippen molar-refractivity contribution >= 4 is 17.5 Å². The van der Waals surface area contributed by atoms with Gasteiger partial charge >= 0.3 is 0 Å². The lowest BCUT2D eigenvalue weighted by molar-refractivity contribution is -0.145. The summed E-state index contributed by atoms with van der Waals surface area (Å²) in [6, 6.07) is -1.35. The van der Waals surface area contributed by atoms with Crippen LogP contribution in [0.15, 0.2) is 35.1 Å². The van der Waals surface area contributed by atoms with Gasteiger partial charge in [-0.2, -0.15) is 0 Å². The maximum atomic E-state index is 13.0. The van der Waals surface area contributed by atoms with Crippen molar-refractivity contribution in [1.29, 1.82) is 0 Å². The summed E-state index contributed by atoms with van der Waals surface area (Å²) in [6.07, 6.45) is 2.65. The minimum atomic E-state index is -2.68. The van der Waals surface area contributed by atoms with E-state index < -0.39 is 63.8 Å². The first-order valence-corrected chi connectivity index (χ1v) is 8.50. The molecule has 0 unspecified atom stereocenters. The molecule has 3 aliphatic carbocycles. The first-order chi connectivity index (χ1) is 13.1. The maximum absolute atomic E-state index is 13.0. The normalized spacial score (nSPS) is 32.0. The number of carbonyl (C=O) groups excluding carboxylic acids is 3. The van der Waals surface area contributed by atoms with Gasteiger partial charge in [0.05, 0.1) is 17.8 Å². The number of aromatic nitrogens is 1. The average Bonchev–Trinajstić information content (AvgIpc) is 2.62. The molecule has 1 heterocycles. The van der Waals surface area contributed by atoms with E-state index in [9.17, 15) is 34.8 Å². The second-order valence-electron chi connectivity index (χ2n) is 7.27. The maximum Gasteiger partial charge on any atom is 0.255 e. The number of aliphatic hydroxyl groups is 3. The fourth-order valence-corrected chi connectivity index (χ4v) is 4.54. The molecule has 0 saturated heterocycles. The van der Waals surface area contributed by atoms with Crippen molar-refractivity contribution in [2.24, 2.45) is 23.3 Å². The summed E-state index contributed by atoms with van der Waals surface area (Å²) in [6.45, 7) is 0. The van der Waals surface area contributed by atoms with Crippen LogP contribution >= 0.6 is 0 Å². The quantitative estimate of drug-likeness (QED) is 0.324. The molecule has 1 amide bonds. The van der Waals surface area contributed by atoms with E-state index in [1.807, 2.05) is 0 Å². The molecule has 0 spiro atoms. The number of nitrogens with two attached hydrogens (primary N) is 2. The summed E-state index contributed by atoms with van der Waals surface area (Å²) in [4.78, 5) is 41.2. The third-order valence-electron chi connectivity index (χ3n) is 5.87. The van der Waals surface area contributed by atoms with Gasteiger partial charge in [0.2, 0.25) is 5.78 Å². The van der Waals surface area contributed by atoms with E-state index in [1.54, 1.807) is 0 Å². The summed E-state index contributed by atoms with van der Waals surface area (Å²) in [5.41, 5.74) is 7.62. The molecule has 4 rings (SSSR count). The Balaban J connectivity index is 1.95. The number of aromatic hydroxyl groups is 1. The van der Waals surface area contributed by atoms with Gasteiger partial charge in [0.15, 0.2) is 11.4 Å². The second kappa shape index (κ2) is 5.63. The summed E-state index contributed by atoms with van der Waals surface area (Å²) < 4.78 is 0. The molecule has 0 fully saturated rings. The molecule has 146 valence electrons. The van der Waals surface area contributed by atoms with Crippen LogP contribution in [0, 0.1) is 11.8 Å². The number of nitrogens with zero attached hydrogens (tertiary/aromatic N) is 1. The molecule has 10 heteroatoms. The van der Waals surface area contributed by atoms with Gasteiger partial charge in [-0.15, -0.1) is 0 Å².